The molecule has 0 fully saturated rings. The second kappa shape index (κ2) is 4.42. The van der Waals surface area contributed by atoms with Crippen molar-refractivity contribution in [2.24, 2.45) is 0 Å². The van der Waals surface area contributed by atoms with E-state index < -0.39 is 5.54 Å². The smallest absolute Gasteiger partial charge is 0.136 e. The molecule has 1 aromatic heterocycles. The minimum Gasteiger partial charge on any atom is -0.398 e. The lowest BCUT2D eigenvalue weighted by molar-refractivity contribution is 0.234. The zero-order valence-electron chi connectivity index (χ0n) is 10.4. The van der Waals surface area contributed by atoms with Crippen LogP contribution in [0.3, 0.4) is 0 Å². The molecule has 0 bridgehead atoms. The summed E-state index contributed by atoms with van der Waals surface area (Å²) in [6, 6.07) is 4.42. The Morgan fingerprint density at radius 2 is 2.11 bits per heavy atom. The number of aromatic nitrogens is 1. The molecule has 18 heavy (non-hydrogen) atoms. The molecule has 0 spiro atoms. The largest absolute Gasteiger partial charge is 0.398 e. The van der Waals surface area contributed by atoms with E-state index in [4.69, 9.17) is 5.73 Å². The first-order chi connectivity index (χ1) is 8.44. The molecule has 0 amide bonds. The predicted molar refractivity (Wildman–Crippen MR) is 70.9 cm³/mol. The lowest BCUT2D eigenvalue weighted by Gasteiger charge is -2.25. The van der Waals surface area contributed by atoms with E-state index in [0.29, 0.717) is 22.3 Å². The van der Waals surface area contributed by atoms with Gasteiger partial charge in [-0.05, 0) is 32.0 Å². The summed E-state index contributed by atoms with van der Waals surface area (Å²) >= 11 is 0. The molecule has 0 aliphatic rings. The van der Waals surface area contributed by atoms with Crippen molar-refractivity contribution in [1.82, 2.24) is 4.98 Å². The molecule has 0 aliphatic heterocycles. The summed E-state index contributed by atoms with van der Waals surface area (Å²) in [4.78, 5) is 4.17. The van der Waals surface area contributed by atoms with Crippen LogP contribution in [0.15, 0.2) is 24.4 Å². The zero-order valence-corrected chi connectivity index (χ0v) is 10.4. The van der Waals surface area contributed by atoms with E-state index in [-0.39, 0.29) is 12.4 Å². The average molecular weight is 249 g/mol. The molecule has 2 rings (SSSR count). The highest BCUT2D eigenvalue weighted by Gasteiger charge is 2.19. The number of aliphatic hydroxyl groups is 1. The minimum atomic E-state index is -0.556. The molecule has 96 valence electrons. The summed E-state index contributed by atoms with van der Waals surface area (Å²) < 4.78 is 13.7. The van der Waals surface area contributed by atoms with Crippen LogP contribution in [0.1, 0.15) is 13.8 Å². The monoisotopic (exact) mass is 249 g/mol. The molecule has 1 aromatic carbocycles. The lowest BCUT2D eigenvalue weighted by atomic mass is 10.1. The Hall–Kier alpha value is -1.88. The van der Waals surface area contributed by atoms with Gasteiger partial charge in [-0.1, -0.05) is 0 Å². The maximum Gasteiger partial charge on any atom is 0.136 e. The van der Waals surface area contributed by atoms with Crippen molar-refractivity contribution in [3.05, 3.63) is 30.2 Å². The van der Waals surface area contributed by atoms with Gasteiger partial charge >= 0.3 is 0 Å². The number of nitrogens with two attached hydrogens (primary N) is 1. The van der Waals surface area contributed by atoms with Crippen molar-refractivity contribution in [3.63, 3.8) is 0 Å². The van der Waals surface area contributed by atoms with Crippen molar-refractivity contribution in [2.75, 3.05) is 17.7 Å². The van der Waals surface area contributed by atoms with E-state index in [1.807, 2.05) is 13.8 Å². The van der Waals surface area contributed by atoms with Gasteiger partial charge in [0.1, 0.15) is 11.6 Å². The third kappa shape index (κ3) is 2.22. The number of aliphatic hydroxyl groups excluding tert-OH is 1. The Bertz CT molecular complexity index is 584. The zero-order chi connectivity index (χ0) is 13.3. The molecular weight excluding hydrogens is 233 g/mol. The Morgan fingerprint density at radius 1 is 1.39 bits per heavy atom. The Morgan fingerprint density at radius 3 is 2.78 bits per heavy atom. The topological polar surface area (TPSA) is 71.2 Å². The number of nitrogen functional groups attached to an aromatic ring is 1. The van der Waals surface area contributed by atoms with Crippen molar-refractivity contribution in [1.29, 1.82) is 0 Å². The number of halogens is 1. The number of rotatable bonds is 3. The fraction of sp³-hybridized carbons (Fsp3) is 0.308. The Balaban J connectivity index is 2.62. The van der Waals surface area contributed by atoms with Crippen molar-refractivity contribution in [2.45, 2.75) is 19.4 Å². The molecule has 0 saturated carbocycles. The number of pyridine rings is 1. The molecular formula is C13H16FN3O. The number of fused-ring (bicyclic) bond motifs is 1. The summed E-state index contributed by atoms with van der Waals surface area (Å²) in [5.41, 5.74) is 5.78. The molecule has 0 radical (unpaired) electrons. The highest BCUT2D eigenvalue weighted by Crippen LogP contribution is 2.30. The van der Waals surface area contributed by atoms with Crippen LogP contribution in [0.5, 0.6) is 0 Å². The van der Waals surface area contributed by atoms with Gasteiger partial charge in [-0.15, -0.1) is 0 Å². The van der Waals surface area contributed by atoms with Gasteiger partial charge in [-0.3, -0.25) is 0 Å². The first-order valence-corrected chi connectivity index (χ1v) is 5.66. The predicted octanol–water partition coefficient (Wildman–Crippen LogP) is 2.14. The van der Waals surface area contributed by atoms with Crippen LogP contribution in [0.4, 0.5) is 15.9 Å². The Labute approximate surface area is 105 Å². The fourth-order valence-electron chi connectivity index (χ4n) is 1.74. The van der Waals surface area contributed by atoms with Gasteiger partial charge in [0.05, 0.1) is 17.5 Å². The van der Waals surface area contributed by atoms with Crippen molar-refractivity contribution >= 4 is 22.3 Å². The van der Waals surface area contributed by atoms with Gasteiger partial charge in [0.2, 0.25) is 0 Å². The highest BCUT2D eigenvalue weighted by atomic mass is 19.1. The lowest BCUT2D eigenvalue weighted by Crippen LogP contribution is -2.35. The van der Waals surface area contributed by atoms with Gasteiger partial charge in [0.25, 0.3) is 0 Å². The van der Waals surface area contributed by atoms with E-state index in [1.165, 1.54) is 18.3 Å². The first-order valence-electron chi connectivity index (χ1n) is 5.66. The summed E-state index contributed by atoms with van der Waals surface area (Å²) in [6.45, 7) is 3.58. The number of benzene rings is 1. The highest BCUT2D eigenvalue weighted by molar-refractivity contribution is 6.01. The first kappa shape index (κ1) is 12.6. The molecule has 0 saturated heterocycles. The third-order valence-electron chi connectivity index (χ3n) is 2.76. The SMILES string of the molecule is CC(C)(CO)Nc1nccc2c(F)ccc(N)c12. The molecule has 4 nitrogen and oxygen atoms in total. The van der Waals surface area contributed by atoms with Crippen LogP contribution >= 0.6 is 0 Å². The minimum absolute atomic E-state index is 0.0692. The number of anilines is 2. The quantitative estimate of drug-likeness (QED) is 0.729. The summed E-state index contributed by atoms with van der Waals surface area (Å²) in [5, 5.41) is 13.3. The number of hydrogen-bond donors (Lipinski definition) is 3. The summed E-state index contributed by atoms with van der Waals surface area (Å²) in [6.07, 6.45) is 1.51. The maximum absolute atomic E-state index is 13.7. The molecule has 5 heteroatoms. The van der Waals surface area contributed by atoms with Crippen LogP contribution in [-0.4, -0.2) is 22.2 Å². The van der Waals surface area contributed by atoms with Crippen LogP contribution in [0.25, 0.3) is 10.8 Å². The van der Waals surface area contributed by atoms with E-state index in [9.17, 15) is 9.50 Å². The van der Waals surface area contributed by atoms with Crippen LogP contribution in [-0.2, 0) is 0 Å². The second-order valence-electron chi connectivity index (χ2n) is 4.89. The standard InChI is InChI=1S/C13H16FN3O/c1-13(2,7-18)17-12-11-8(5-6-16-12)9(14)3-4-10(11)15/h3-6,18H,7,15H2,1-2H3,(H,16,17). The molecule has 0 atom stereocenters. The molecule has 0 aliphatic carbocycles. The van der Waals surface area contributed by atoms with Crippen LogP contribution in [0, 0.1) is 5.82 Å². The van der Waals surface area contributed by atoms with Gasteiger partial charge in [-0.2, -0.15) is 0 Å². The van der Waals surface area contributed by atoms with Crippen molar-refractivity contribution < 1.29 is 9.50 Å². The Kier molecular flexibility index (Phi) is 3.09. The molecule has 0 unspecified atom stereocenters. The van der Waals surface area contributed by atoms with Gasteiger partial charge < -0.3 is 16.2 Å². The van der Waals surface area contributed by atoms with E-state index >= 15 is 0 Å². The summed E-state index contributed by atoms with van der Waals surface area (Å²) in [7, 11) is 0. The fourth-order valence-corrected chi connectivity index (χ4v) is 1.74. The molecule has 2 aromatic rings. The average Bonchev–Trinajstić information content (AvgIpc) is 2.34. The molecule has 4 N–H and O–H groups in total. The van der Waals surface area contributed by atoms with E-state index in [1.54, 1.807) is 6.07 Å². The molecule has 1 heterocycles. The van der Waals surface area contributed by atoms with Crippen LogP contribution in [0.2, 0.25) is 0 Å². The van der Waals surface area contributed by atoms with Gasteiger partial charge in [0.15, 0.2) is 0 Å². The number of nitrogens with one attached hydrogen (secondary N) is 1. The van der Waals surface area contributed by atoms with Crippen molar-refractivity contribution in [3.8, 4) is 0 Å². The van der Waals surface area contributed by atoms with Gasteiger partial charge in [0, 0.05) is 17.3 Å². The van der Waals surface area contributed by atoms with Gasteiger partial charge in [-0.25, -0.2) is 9.37 Å². The van der Waals surface area contributed by atoms with E-state index in [2.05, 4.69) is 10.3 Å². The third-order valence-corrected chi connectivity index (χ3v) is 2.76. The number of nitrogens with zero attached hydrogens (tertiary/aromatic N) is 1. The van der Waals surface area contributed by atoms with E-state index in [0.717, 1.165) is 0 Å². The number of hydrogen-bond acceptors (Lipinski definition) is 4. The second-order valence-corrected chi connectivity index (χ2v) is 4.89. The van der Waals surface area contributed by atoms with Crippen LogP contribution < -0.4 is 11.1 Å². The maximum atomic E-state index is 13.7. The normalized spacial score (nSPS) is 11.8. The summed E-state index contributed by atoms with van der Waals surface area (Å²) in [5.74, 6) is 0.134.